The summed E-state index contributed by atoms with van der Waals surface area (Å²) in [5, 5.41) is 11.2. The van der Waals surface area contributed by atoms with E-state index in [0.29, 0.717) is 6.04 Å². The highest BCUT2D eigenvalue weighted by Gasteiger charge is 2.24. The van der Waals surface area contributed by atoms with E-state index < -0.39 is 0 Å². The molecule has 0 amide bonds. The van der Waals surface area contributed by atoms with Gasteiger partial charge in [0.15, 0.2) is 5.76 Å². The summed E-state index contributed by atoms with van der Waals surface area (Å²) in [5.41, 5.74) is 3.42. The number of nitrogens with one attached hydrogen (secondary N) is 2. The van der Waals surface area contributed by atoms with Crippen molar-refractivity contribution in [3.63, 3.8) is 0 Å². The molecule has 130 valence electrons. The van der Waals surface area contributed by atoms with E-state index in [1.807, 2.05) is 18.3 Å². The Hall–Kier alpha value is -2.37. The molecular formula is C20H24N4O. The molecule has 3 heterocycles. The molecule has 3 aromatic rings. The normalized spacial score (nSPS) is 19.3. The van der Waals surface area contributed by atoms with Crippen molar-refractivity contribution in [2.45, 2.75) is 18.4 Å². The van der Waals surface area contributed by atoms with Gasteiger partial charge >= 0.3 is 0 Å². The first-order chi connectivity index (χ1) is 12.3. The fourth-order valence-electron chi connectivity index (χ4n) is 3.66. The van der Waals surface area contributed by atoms with Gasteiger partial charge in [0.05, 0.1) is 12.5 Å². The summed E-state index contributed by atoms with van der Waals surface area (Å²) in [7, 11) is 2.18. The zero-order valence-electron chi connectivity index (χ0n) is 14.5. The van der Waals surface area contributed by atoms with E-state index in [0.717, 1.165) is 31.1 Å². The minimum atomic E-state index is 0.228. The molecule has 0 radical (unpaired) electrons. The number of aromatic amines is 1. The lowest BCUT2D eigenvalue weighted by Crippen LogP contribution is -2.34. The van der Waals surface area contributed by atoms with Crippen molar-refractivity contribution in [2.24, 2.45) is 0 Å². The third kappa shape index (κ3) is 3.52. The van der Waals surface area contributed by atoms with Crippen LogP contribution in [0.1, 0.15) is 23.5 Å². The maximum absolute atomic E-state index is 5.60. The van der Waals surface area contributed by atoms with Crippen LogP contribution in [0.25, 0.3) is 11.5 Å². The van der Waals surface area contributed by atoms with Crippen LogP contribution in [-0.4, -0.2) is 47.8 Å². The molecule has 0 aliphatic carbocycles. The highest BCUT2D eigenvalue weighted by molar-refractivity contribution is 5.59. The van der Waals surface area contributed by atoms with Crippen molar-refractivity contribution >= 4 is 0 Å². The van der Waals surface area contributed by atoms with Crippen molar-refractivity contribution in [3.8, 4) is 11.5 Å². The Kier molecular flexibility index (Phi) is 4.68. The number of nitrogens with zero attached hydrogens (tertiary/aromatic N) is 2. The maximum atomic E-state index is 5.60. The number of rotatable bonds is 6. The van der Waals surface area contributed by atoms with Crippen LogP contribution in [0.4, 0.5) is 0 Å². The average Bonchev–Trinajstić information content (AvgIpc) is 3.37. The van der Waals surface area contributed by atoms with E-state index in [-0.39, 0.29) is 5.92 Å². The van der Waals surface area contributed by atoms with Crippen LogP contribution in [0, 0.1) is 0 Å². The molecule has 1 aliphatic heterocycles. The molecule has 25 heavy (non-hydrogen) atoms. The Morgan fingerprint density at radius 1 is 1.28 bits per heavy atom. The number of likely N-dealkylation sites (N-methyl/N-ethyl adjacent to an activating group) is 1. The Labute approximate surface area is 148 Å². The van der Waals surface area contributed by atoms with E-state index in [4.69, 9.17) is 4.42 Å². The first-order valence-corrected chi connectivity index (χ1v) is 8.85. The second-order valence-electron chi connectivity index (χ2n) is 6.80. The lowest BCUT2D eigenvalue weighted by Gasteiger charge is -2.21. The number of benzene rings is 1. The van der Waals surface area contributed by atoms with E-state index in [2.05, 4.69) is 57.8 Å². The standard InChI is InChI=1S/C20H24N4O/c1-24-10-9-16(14-24)21-12-17(15-6-3-2-4-7-15)18-13-22-23-20(18)19-8-5-11-25-19/h2-8,11,13,16-17,21H,9-10,12,14H2,1H3,(H,22,23). The molecule has 5 heteroatoms. The van der Waals surface area contributed by atoms with E-state index in [1.165, 1.54) is 17.5 Å². The van der Waals surface area contributed by atoms with Crippen molar-refractivity contribution in [3.05, 3.63) is 66.1 Å². The molecule has 5 nitrogen and oxygen atoms in total. The average molecular weight is 336 g/mol. The zero-order chi connectivity index (χ0) is 17.1. The highest BCUT2D eigenvalue weighted by atomic mass is 16.3. The smallest absolute Gasteiger partial charge is 0.151 e. The number of likely N-dealkylation sites (tertiary alicyclic amines) is 1. The summed E-state index contributed by atoms with van der Waals surface area (Å²) in [4.78, 5) is 2.38. The van der Waals surface area contributed by atoms with Gasteiger partial charge in [0.2, 0.25) is 0 Å². The topological polar surface area (TPSA) is 57.1 Å². The largest absolute Gasteiger partial charge is 0.463 e. The van der Waals surface area contributed by atoms with Gasteiger partial charge in [-0.05, 0) is 37.7 Å². The van der Waals surface area contributed by atoms with Crippen molar-refractivity contribution < 1.29 is 4.42 Å². The number of aromatic nitrogens is 2. The number of hydrogen-bond donors (Lipinski definition) is 2. The van der Waals surface area contributed by atoms with Gasteiger partial charge in [-0.2, -0.15) is 5.10 Å². The first kappa shape index (κ1) is 16.1. The molecule has 1 aliphatic rings. The minimum Gasteiger partial charge on any atom is -0.463 e. The molecule has 1 aromatic carbocycles. The highest BCUT2D eigenvalue weighted by Crippen LogP contribution is 2.32. The van der Waals surface area contributed by atoms with Gasteiger partial charge in [0, 0.05) is 30.6 Å². The molecule has 2 unspecified atom stereocenters. The van der Waals surface area contributed by atoms with Gasteiger partial charge in [-0.25, -0.2) is 0 Å². The zero-order valence-corrected chi connectivity index (χ0v) is 14.5. The van der Waals surface area contributed by atoms with Gasteiger partial charge in [0.1, 0.15) is 5.69 Å². The summed E-state index contributed by atoms with van der Waals surface area (Å²) >= 11 is 0. The summed E-state index contributed by atoms with van der Waals surface area (Å²) in [6.45, 7) is 3.16. The van der Waals surface area contributed by atoms with Gasteiger partial charge in [-0.15, -0.1) is 0 Å². The fraction of sp³-hybridized carbons (Fsp3) is 0.350. The van der Waals surface area contributed by atoms with E-state index >= 15 is 0 Å². The monoisotopic (exact) mass is 336 g/mol. The molecule has 2 atom stereocenters. The Morgan fingerprint density at radius 3 is 2.88 bits per heavy atom. The van der Waals surface area contributed by atoms with Crippen molar-refractivity contribution in [1.29, 1.82) is 0 Å². The van der Waals surface area contributed by atoms with Crippen molar-refractivity contribution in [1.82, 2.24) is 20.4 Å². The second-order valence-corrected chi connectivity index (χ2v) is 6.80. The SMILES string of the molecule is CN1CCC(NCC(c2ccccc2)c2cn[nH]c2-c2ccco2)C1. The predicted octanol–water partition coefficient (Wildman–Crippen LogP) is 3.10. The van der Waals surface area contributed by atoms with Gasteiger partial charge in [-0.3, -0.25) is 5.10 Å². The number of hydrogen-bond acceptors (Lipinski definition) is 4. The van der Waals surface area contributed by atoms with Crippen LogP contribution in [-0.2, 0) is 0 Å². The summed E-state index contributed by atoms with van der Waals surface area (Å²) in [6, 6.07) is 15.1. The molecule has 4 rings (SSSR count). The van der Waals surface area contributed by atoms with Crippen LogP contribution >= 0.6 is 0 Å². The Balaban J connectivity index is 1.61. The van der Waals surface area contributed by atoms with Gasteiger partial charge < -0.3 is 14.6 Å². The lowest BCUT2D eigenvalue weighted by molar-refractivity contribution is 0.397. The van der Waals surface area contributed by atoms with Crippen molar-refractivity contribution in [2.75, 3.05) is 26.7 Å². The second kappa shape index (κ2) is 7.25. The van der Waals surface area contributed by atoms with Crippen LogP contribution in [0.2, 0.25) is 0 Å². The third-order valence-electron chi connectivity index (χ3n) is 5.02. The number of furan rings is 1. The Bertz CT molecular complexity index is 781. The third-order valence-corrected chi connectivity index (χ3v) is 5.02. The summed E-state index contributed by atoms with van der Waals surface area (Å²) < 4.78 is 5.60. The molecule has 2 N–H and O–H groups in total. The van der Waals surface area contributed by atoms with Gasteiger partial charge in [0.25, 0.3) is 0 Å². The molecule has 1 saturated heterocycles. The lowest BCUT2D eigenvalue weighted by atomic mass is 9.90. The molecule has 1 fully saturated rings. The minimum absolute atomic E-state index is 0.228. The summed E-state index contributed by atoms with van der Waals surface area (Å²) in [5.74, 6) is 1.06. The predicted molar refractivity (Wildman–Crippen MR) is 98.5 cm³/mol. The van der Waals surface area contributed by atoms with Crippen LogP contribution in [0.5, 0.6) is 0 Å². The maximum Gasteiger partial charge on any atom is 0.151 e. The quantitative estimate of drug-likeness (QED) is 0.726. The van der Waals surface area contributed by atoms with Crippen LogP contribution < -0.4 is 5.32 Å². The van der Waals surface area contributed by atoms with E-state index in [9.17, 15) is 0 Å². The van der Waals surface area contributed by atoms with E-state index in [1.54, 1.807) is 6.26 Å². The summed E-state index contributed by atoms with van der Waals surface area (Å²) in [6.07, 6.45) is 4.83. The molecular weight excluding hydrogens is 312 g/mol. The molecule has 0 spiro atoms. The molecule has 2 aromatic heterocycles. The van der Waals surface area contributed by atoms with Crippen LogP contribution in [0.15, 0.2) is 59.3 Å². The van der Waals surface area contributed by atoms with Crippen LogP contribution in [0.3, 0.4) is 0 Å². The van der Waals surface area contributed by atoms with Gasteiger partial charge in [-0.1, -0.05) is 30.3 Å². The number of H-pyrrole nitrogens is 1. The Morgan fingerprint density at radius 2 is 2.16 bits per heavy atom. The first-order valence-electron chi connectivity index (χ1n) is 8.85. The molecule has 0 saturated carbocycles. The fourth-order valence-corrected chi connectivity index (χ4v) is 3.66. The molecule has 0 bridgehead atoms.